The van der Waals surface area contributed by atoms with Gasteiger partial charge in [0.15, 0.2) is 0 Å². The van der Waals surface area contributed by atoms with Crippen molar-refractivity contribution >= 4 is 11.8 Å². The van der Waals surface area contributed by atoms with Crippen LogP contribution in [0.4, 0.5) is 0 Å². The highest BCUT2D eigenvalue weighted by atomic mass is 32.2. The van der Waals surface area contributed by atoms with Crippen molar-refractivity contribution in [2.75, 3.05) is 18.1 Å². The Balaban J connectivity index is 2.09. The van der Waals surface area contributed by atoms with Gasteiger partial charge in [-0.15, -0.1) is 0 Å². The lowest BCUT2D eigenvalue weighted by atomic mass is 9.99. The zero-order chi connectivity index (χ0) is 9.97. The largest absolute Gasteiger partial charge is 0.387 e. The van der Waals surface area contributed by atoms with Crippen molar-refractivity contribution in [1.29, 1.82) is 0 Å². The van der Waals surface area contributed by atoms with E-state index in [9.17, 15) is 5.11 Å². The highest BCUT2D eigenvalue weighted by Gasteiger charge is 2.19. The van der Waals surface area contributed by atoms with E-state index in [4.69, 9.17) is 5.73 Å². The first kappa shape index (κ1) is 10.0. The Labute approximate surface area is 88.5 Å². The summed E-state index contributed by atoms with van der Waals surface area (Å²) in [5.74, 6) is 3.20. The lowest BCUT2D eigenvalue weighted by Gasteiger charge is -2.25. The molecule has 0 bridgehead atoms. The molecule has 2 rings (SSSR count). The second-order valence-electron chi connectivity index (χ2n) is 3.65. The van der Waals surface area contributed by atoms with Crippen LogP contribution in [-0.2, 0) is 0 Å². The Morgan fingerprint density at radius 3 is 2.43 bits per heavy atom. The van der Waals surface area contributed by atoms with Crippen LogP contribution in [0.5, 0.6) is 0 Å². The summed E-state index contributed by atoms with van der Waals surface area (Å²) in [6, 6.07) is 8.18. The average Bonchev–Trinajstić information content (AvgIpc) is 2.15. The molecule has 1 fully saturated rings. The van der Waals surface area contributed by atoms with Gasteiger partial charge in [0.2, 0.25) is 0 Å². The van der Waals surface area contributed by atoms with Gasteiger partial charge < -0.3 is 10.8 Å². The maximum Gasteiger partial charge on any atom is 0.0912 e. The molecule has 0 aliphatic carbocycles. The molecule has 3 N–H and O–H groups in total. The molecule has 76 valence electrons. The molecule has 1 heterocycles. The quantitative estimate of drug-likeness (QED) is 0.793. The molecule has 1 aromatic rings. The van der Waals surface area contributed by atoms with Crippen LogP contribution in [0.15, 0.2) is 24.3 Å². The number of aliphatic hydroxyl groups is 1. The molecule has 1 aliphatic heterocycles. The molecule has 14 heavy (non-hydrogen) atoms. The van der Waals surface area contributed by atoms with E-state index in [-0.39, 0.29) is 0 Å². The zero-order valence-corrected chi connectivity index (χ0v) is 8.83. The van der Waals surface area contributed by atoms with E-state index in [2.05, 4.69) is 12.1 Å². The van der Waals surface area contributed by atoms with E-state index in [0.29, 0.717) is 6.54 Å². The summed E-state index contributed by atoms with van der Waals surface area (Å²) < 4.78 is 0. The van der Waals surface area contributed by atoms with Crippen molar-refractivity contribution in [2.45, 2.75) is 12.0 Å². The number of nitrogens with two attached hydrogens (primary N) is 1. The first-order valence-electron chi connectivity index (χ1n) is 4.87. The van der Waals surface area contributed by atoms with E-state index < -0.39 is 6.10 Å². The van der Waals surface area contributed by atoms with E-state index in [1.807, 2.05) is 23.9 Å². The number of hydrogen-bond acceptors (Lipinski definition) is 3. The van der Waals surface area contributed by atoms with Crippen LogP contribution in [0, 0.1) is 0 Å². The summed E-state index contributed by atoms with van der Waals surface area (Å²) in [7, 11) is 0. The Morgan fingerprint density at radius 1 is 1.36 bits per heavy atom. The maximum atomic E-state index is 9.50. The molecule has 2 nitrogen and oxygen atoms in total. The number of aliphatic hydroxyl groups excluding tert-OH is 1. The summed E-state index contributed by atoms with van der Waals surface area (Å²) in [6.07, 6.45) is -0.514. The van der Waals surface area contributed by atoms with E-state index >= 15 is 0 Å². The molecule has 0 amide bonds. The maximum absolute atomic E-state index is 9.50. The lowest BCUT2D eigenvalue weighted by Crippen LogP contribution is -2.16. The smallest absolute Gasteiger partial charge is 0.0912 e. The van der Waals surface area contributed by atoms with Gasteiger partial charge in [-0.2, -0.15) is 11.8 Å². The van der Waals surface area contributed by atoms with Crippen molar-refractivity contribution in [3.63, 3.8) is 0 Å². The molecule has 1 unspecified atom stereocenters. The molecule has 0 radical (unpaired) electrons. The van der Waals surface area contributed by atoms with Crippen LogP contribution >= 0.6 is 11.8 Å². The van der Waals surface area contributed by atoms with Gasteiger partial charge in [-0.3, -0.25) is 0 Å². The SMILES string of the molecule is NCC(O)c1ccc(C2CSC2)cc1. The molecule has 3 heteroatoms. The Bertz CT molecular complexity index is 271. The standard InChI is InChI=1S/C11H15NOS/c12-5-11(13)9-3-1-8(2-4-9)10-6-14-7-10/h1-4,10-11,13H,5-7,12H2. The van der Waals surface area contributed by atoms with Crippen molar-refractivity contribution in [2.24, 2.45) is 5.73 Å². The molecule has 1 aromatic carbocycles. The minimum Gasteiger partial charge on any atom is -0.387 e. The third kappa shape index (κ3) is 1.95. The minimum atomic E-state index is -0.514. The molecule has 1 atom stereocenters. The molecule has 1 saturated heterocycles. The number of rotatable bonds is 3. The Kier molecular flexibility index (Phi) is 3.11. The van der Waals surface area contributed by atoms with Gasteiger partial charge in [0, 0.05) is 24.0 Å². The normalized spacial score (nSPS) is 19.0. The third-order valence-corrected chi connectivity index (χ3v) is 3.93. The first-order chi connectivity index (χ1) is 6.81. The fourth-order valence-electron chi connectivity index (χ4n) is 1.55. The minimum absolute atomic E-state index is 0.290. The molecule has 1 aliphatic rings. The summed E-state index contributed by atoms with van der Waals surface area (Å²) >= 11 is 1.99. The van der Waals surface area contributed by atoms with E-state index in [0.717, 1.165) is 11.5 Å². The van der Waals surface area contributed by atoms with Gasteiger partial charge in [-0.25, -0.2) is 0 Å². The molecule has 0 aromatic heterocycles. The van der Waals surface area contributed by atoms with Gasteiger partial charge in [0.25, 0.3) is 0 Å². The topological polar surface area (TPSA) is 46.2 Å². The van der Waals surface area contributed by atoms with Gasteiger partial charge in [0.05, 0.1) is 6.10 Å². The van der Waals surface area contributed by atoms with Crippen LogP contribution in [0.25, 0.3) is 0 Å². The molecular weight excluding hydrogens is 194 g/mol. The molecular formula is C11H15NOS. The summed E-state index contributed by atoms with van der Waals surface area (Å²) in [5, 5.41) is 9.50. The highest BCUT2D eigenvalue weighted by Crippen LogP contribution is 2.34. The monoisotopic (exact) mass is 209 g/mol. The number of benzene rings is 1. The van der Waals surface area contributed by atoms with Crippen molar-refractivity contribution < 1.29 is 5.11 Å². The highest BCUT2D eigenvalue weighted by molar-refractivity contribution is 8.00. The van der Waals surface area contributed by atoms with E-state index in [1.165, 1.54) is 17.1 Å². The first-order valence-corrected chi connectivity index (χ1v) is 6.02. The van der Waals surface area contributed by atoms with Crippen LogP contribution < -0.4 is 5.73 Å². The predicted octanol–water partition coefficient (Wildman–Crippen LogP) is 1.51. The number of thioether (sulfide) groups is 1. The fraction of sp³-hybridized carbons (Fsp3) is 0.455. The lowest BCUT2D eigenvalue weighted by molar-refractivity contribution is 0.186. The summed E-state index contributed by atoms with van der Waals surface area (Å²) in [6.45, 7) is 0.290. The fourth-order valence-corrected chi connectivity index (χ4v) is 2.41. The second-order valence-corrected chi connectivity index (χ2v) is 4.73. The zero-order valence-electron chi connectivity index (χ0n) is 8.02. The molecule has 0 spiro atoms. The number of hydrogen-bond donors (Lipinski definition) is 2. The second kappa shape index (κ2) is 4.34. The van der Waals surface area contributed by atoms with Gasteiger partial charge >= 0.3 is 0 Å². The average molecular weight is 209 g/mol. The summed E-state index contributed by atoms with van der Waals surface area (Å²) in [5.41, 5.74) is 7.69. The van der Waals surface area contributed by atoms with Crippen molar-refractivity contribution in [3.05, 3.63) is 35.4 Å². The van der Waals surface area contributed by atoms with E-state index in [1.54, 1.807) is 0 Å². The Morgan fingerprint density at radius 2 is 2.00 bits per heavy atom. The van der Waals surface area contributed by atoms with Gasteiger partial charge in [-0.1, -0.05) is 24.3 Å². The van der Waals surface area contributed by atoms with Crippen molar-refractivity contribution in [1.82, 2.24) is 0 Å². The predicted molar refractivity (Wildman–Crippen MR) is 60.5 cm³/mol. The van der Waals surface area contributed by atoms with Crippen LogP contribution in [0.1, 0.15) is 23.1 Å². The molecule has 0 saturated carbocycles. The Hall–Kier alpha value is -0.510. The van der Waals surface area contributed by atoms with Gasteiger partial charge in [0.1, 0.15) is 0 Å². The summed E-state index contributed by atoms with van der Waals surface area (Å²) in [4.78, 5) is 0. The van der Waals surface area contributed by atoms with Gasteiger partial charge in [-0.05, 0) is 11.1 Å². The third-order valence-electron chi connectivity index (χ3n) is 2.65. The van der Waals surface area contributed by atoms with Crippen LogP contribution in [0.2, 0.25) is 0 Å². The van der Waals surface area contributed by atoms with Crippen LogP contribution in [0.3, 0.4) is 0 Å². The van der Waals surface area contributed by atoms with Crippen molar-refractivity contribution in [3.8, 4) is 0 Å². The van der Waals surface area contributed by atoms with Crippen LogP contribution in [-0.4, -0.2) is 23.2 Å².